The normalized spacial score (nSPS) is 19.2. The van der Waals surface area contributed by atoms with Gasteiger partial charge in [-0.15, -0.1) is 13.2 Å². The molecule has 1 aliphatic rings. The monoisotopic (exact) mass is 464 g/mol. The first-order valence-corrected chi connectivity index (χ1v) is 11.0. The maximum Gasteiger partial charge on any atom is 0.573 e. The molecule has 0 aromatic heterocycles. The Morgan fingerprint density at radius 1 is 1.10 bits per heavy atom. The summed E-state index contributed by atoms with van der Waals surface area (Å²) in [6, 6.07) is 8.19. The predicted octanol–water partition coefficient (Wildman–Crippen LogP) is 4.18. The van der Waals surface area contributed by atoms with Crippen LogP contribution >= 0.6 is 0 Å². The van der Waals surface area contributed by atoms with E-state index in [1.165, 1.54) is 24.3 Å². The second-order valence-electron chi connectivity index (χ2n) is 7.24. The van der Waals surface area contributed by atoms with Crippen molar-refractivity contribution in [3.63, 3.8) is 0 Å². The number of halogens is 5. The number of likely N-dealkylation sites (tertiary alicyclic amines) is 1. The summed E-state index contributed by atoms with van der Waals surface area (Å²) in [5, 5.41) is 0. The highest BCUT2D eigenvalue weighted by Crippen LogP contribution is 2.26. The highest BCUT2D eigenvalue weighted by molar-refractivity contribution is 7.89. The number of nitrogens with zero attached hydrogens (tertiary/aromatic N) is 1. The van der Waals surface area contributed by atoms with Crippen molar-refractivity contribution in [3.05, 3.63) is 59.9 Å². The lowest BCUT2D eigenvalue weighted by molar-refractivity contribution is -0.274. The number of alkyl halides is 4. The Hall–Kier alpha value is -2.24. The van der Waals surface area contributed by atoms with Crippen LogP contribution in [0.25, 0.3) is 0 Å². The van der Waals surface area contributed by atoms with Gasteiger partial charge in [-0.05, 0) is 61.3 Å². The van der Waals surface area contributed by atoms with E-state index >= 15 is 0 Å². The van der Waals surface area contributed by atoms with Crippen molar-refractivity contribution in [2.75, 3.05) is 19.6 Å². The molecule has 5 nitrogen and oxygen atoms in total. The number of ether oxygens (including phenoxy) is 1. The van der Waals surface area contributed by atoms with Crippen molar-refractivity contribution in [2.24, 2.45) is 0 Å². The Kier molecular flexibility index (Phi) is 7.17. The van der Waals surface area contributed by atoms with Crippen LogP contribution in [-0.4, -0.2) is 45.5 Å². The molecule has 0 amide bonds. The number of nitrogens with one attached hydrogen (secondary N) is 1. The largest absolute Gasteiger partial charge is 0.573 e. The van der Waals surface area contributed by atoms with Crippen LogP contribution in [0.4, 0.5) is 22.0 Å². The van der Waals surface area contributed by atoms with E-state index in [0.29, 0.717) is 24.9 Å². The van der Waals surface area contributed by atoms with Crippen molar-refractivity contribution in [2.45, 2.75) is 36.3 Å². The lowest BCUT2D eigenvalue weighted by Gasteiger charge is -2.32. The summed E-state index contributed by atoms with van der Waals surface area (Å²) in [6.45, 7) is 0.896. The number of hydrogen-bond donors (Lipinski definition) is 1. The van der Waals surface area contributed by atoms with E-state index in [4.69, 9.17) is 0 Å². The van der Waals surface area contributed by atoms with Crippen LogP contribution in [0.5, 0.6) is 5.75 Å². The van der Waals surface area contributed by atoms with E-state index in [0.717, 1.165) is 24.3 Å². The standard InChI is InChI=1S/C20H21F5N2O3S/c21-15-5-3-14(4-6-15)19(13-27-11-1-2-16(22)12-27)26-31(28,29)18-9-7-17(8-10-18)30-20(23,24)25/h3-10,16,19,26H,1-2,11-13H2/t16-,19+/m0/s1. The second kappa shape index (κ2) is 9.49. The summed E-state index contributed by atoms with van der Waals surface area (Å²) in [7, 11) is -4.14. The van der Waals surface area contributed by atoms with E-state index in [1.54, 1.807) is 4.90 Å². The zero-order valence-corrected chi connectivity index (χ0v) is 17.1. The first kappa shape index (κ1) is 23.4. The number of sulfonamides is 1. The van der Waals surface area contributed by atoms with Gasteiger partial charge in [0, 0.05) is 13.1 Å². The molecule has 1 heterocycles. The van der Waals surface area contributed by atoms with Crippen LogP contribution in [-0.2, 0) is 10.0 Å². The summed E-state index contributed by atoms with van der Waals surface area (Å²) in [4.78, 5) is 1.52. The van der Waals surface area contributed by atoms with Crippen molar-refractivity contribution in [1.82, 2.24) is 9.62 Å². The van der Waals surface area contributed by atoms with E-state index in [1.807, 2.05) is 0 Å². The highest BCUT2D eigenvalue weighted by atomic mass is 32.2. The van der Waals surface area contributed by atoms with Crippen LogP contribution in [0.3, 0.4) is 0 Å². The Morgan fingerprint density at radius 2 is 1.74 bits per heavy atom. The van der Waals surface area contributed by atoms with Crippen LogP contribution in [0.1, 0.15) is 24.4 Å². The van der Waals surface area contributed by atoms with Gasteiger partial charge in [0.05, 0.1) is 10.9 Å². The van der Waals surface area contributed by atoms with Crippen LogP contribution in [0, 0.1) is 5.82 Å². The SMILES string of the molecule is O=S(=O)(N[C@H](CN1CCC[C@H](F)C1)c1ccc(F)cc1)c1ccc(OC(F)(F)F)cc1. The molecule has 0 saturated carbocycles. The van der Waals surface area contributed by atoms with Crippen LogP contribution < -0.4 is 9.46 Å². The molecule has 31 heavy (non-hydrogen) atoms. The molecule has 11 heteroatoms. The first-order valence-electron chi connectivity index (χ1n) is 9.52. The van der Waals surface area contributed by atoms with Gasteiger partial charge in [-0.25, -0.2) is 21.9 Å². The molecule has 0 spiro atoms. The molecule has 3 rings (SSSR count). The smallest absolute Gasteiger partial charge is 0.406 e. The average Bonchev–Trinajstić information content (AvgIpc) is 2.67. The summed E-state index contributed by atoms with van der Waals surface area (Å²) < 4.78 is 95.9. The Balaban J connectivity index is 1.80. The summed E-state index contributed by atoms with van der Waals surface area (Å²) in [5.74, 6) is -1.05. The summed E-state index contributed by atoms with van der Waals surface area (Å²) in [6.07, 6.45) is -4.84. The van der Waals surface area contributed by atoms with Crippen molar-refractivity contribution in [1.29, 1.82) is 0 Å². The lowest BCUT2D eigenvalue weighted by atomic mass is 10.0. The van der Waals surface area contributed by atoms with Crippen molar-refractivity contribution < 1.29 is 35.1 Å². The minimum atomic E-state index is -4.89. The van der Waals surface area contributed by atoms with E-state index in [9.17, 15) is 30.4 Å². The van der Waals surface area contributed by atoms with Gasteiger partial charge in [0.1, 0.15) is 17.7 Å². The van der Waals surface area contributed by atoms with E-state index in [-0.39, 0.29) is 18.0 Å². The van der Waals surface area contributed by atoms with E-state index < -0.39 is 40.2 Å². The van der Waals surface area contributed by atoms with E-state index in [2.05, 4.69) is 9.46 Å². The first-order chi connectivity index (χ1) is 14.5. The maximum absolute atomic E-state index is 13.8. The molecule has 0 radical (unpaired) electrons. The Morgan fingerprint density at radius 3 is 2.32 bits per heavy atom. The van der Waals surface area contributed by atoms with Gasteiger partial charge in [-0.1, -0.05) is 12.1 Å². The second-order valence-corrected chi connectivity index (χ2v) is 8.96. The quantitative estimate of drug-likeness (QED) is 0.625. The molecule has 1 fully saturated rings. The number of piperidine rings is 1. The molecule has 0 bridgehead atoms. The molecular weight excluding hydrogens is 443 g/mol. The van der Waals surface area contributed by atoms with Crippen LogP contribution in [0.15, 0.2) is 53.4 Å². The highest BCUT2D eigenvalue weighted by Gasteiger charge is 2.31. The summed E-state index contributed by atoms with van der Waals surface area (Å²) in [5.41, 5.74) is 0.475. The van der Waals surface area contributed by atoms with Gasteiger partial charge in [0.15, 0.2) is 0 Å². The number of rotatable bonds is 7. The zero-order chi connectivity index (χ0) is 22.6. The lowest BCUT2D eigenvalue weighted by Crippen LogP contribution is -2.43. The average molecular weight is 464 g/mol. The topological polar surface area (TPSA) is 58.6 Å². The number of hydrogen-bond acceptors (Lipinski definition) is 4. The minimum Gasteiger partial charge on any atom is -0.406 e. The molecule has 1 N–H and O–H groups in total. The molecule has 0 aliphatic carbocycles. The van der Waals surface area contributed by atoms with Gasteiger partial charge < -0.3 is 4.74 Å². The molecular formula is C20H21F5N2O3S. The molecule has 2 atom stereocenters. The fourth-order valence-electron chi connectivity index (χ4n) is 3.40. The molecule has 170 valence electrons. The van der Waals surface area contributed by atoms with Gasteiger partial charge in [0.25, 0.3) is 0 Å². The minimum absolute atomic E-state index is 0.153. The number of benzene rings is 2. The predicted molar refractivity (Wildman–Crippen MR) is 103 cm³/mol. The van der Waals surface area contributed by atoms with Crippen molar-refractivity contribution in [3.8, 4) is 5.75 Å². The van der Waals surface area contributed by atoms with Gasteiger partial charge in [0.2, 0.25) is 10.0 Å². The molecule has 0 unspecified atom stereocenters. The van der Waals surface area contributed by atoms with Gasteiger partial charge >= 0.3 is 6.36 Å². The Bertz CT molecular complexity index is 966. The molecule has 1 saturated heterocycles. The third kappa shape index (κ3) is 6.88. The zero-order valence-electron chi connectivity index (χ0n) is 16.3. The fraction of sp³-hybridized carbons (Fsp3) is 0.400. The van der Waals surface area contributed by atoms with Crippen LogP contribution in [0.2, 0.25) is 0 Å². The molecule has 2 aromatic rings. The molecule has 1 aliphatic heterocycles. The third-order valence-electron chi connectivity index (χ3n) is 4.83. The fourth-order valence-corrected chi connectivity index (χ4v) is 4.62. The Labute approximate surface area is 176 Å². The molecule has 2 aromatic carbocycles. The summed E-state index contributed by atoms with van der Waals surface area (Å²) >= 11 is 0. The maximum atomic E-state index is 13.8. The van der Waals surface area contributed by atoms with Crippen molar-refractivity contribution >= 4 is 10.0 Å². The van der Waals surface area contributed by atoms with Gasteiger partial charge in [-0.2, -0.15) is 0 Å². The third-order valence-corrected chi connectivity index (χ3v) is 6.31. The van der Waals surface area contributed by atoms with Gasteiger partial charge in [-0.3, -0.25) is 4.90 Å².